The molecule has 170 valence electrons. The topological polar surface area (TPSA) is 105 Å². The van der Waals surface area contributed by atoms with Gasteiger partial charge in [-0.25, -0.2) is 18.1 Å². The van der Waals surface area contributed by atoms with Crippen LogP contribution in [-0.4, -0.2) is 53.0 Å². The average Bonchev–Trinajstić information content (AvgIpc) is 3.16. The number of β-amino-alcohol motifs (C(OH)–C–C–N with tert-alkyl or cyclic N) is 1. The summed E-state index contributed by atoms with van der Waals surface area (Å²) in [7, 11) is -3.54. The van der Waals surface area contributed by atoms with Crippen LogP contribution in [0.4, 0.5) is 5.69 Å². The van der Waals surface area contributed by atoms with Gasteiger partial charge in [0, 0.05) is 29.1 Å². The Morgan fingerprint density at radius 3 is 2.78 bits per heavy atom. The first kappa shape index (κ1) is 23.2. The van der Waals surface area contributed by atoms with Gasteiger partial charge in [-0.05, 0) is 42.3 Å². The van der Waals surface area contributed by atoms with Crippen molar-refractivity contribution in [2.45, 2.75) is 30.9 Å². The number of aliphatic hydroxyl groups excluding tert-OH is 1. The molecule has 2 aromatic carbocycles. The minimum Gasteiger partial charge on any atom is -0.392 e. The fourth-order valence-electron chi connectivity index (χ4n) is 3.73. The Balaban J connectivity index is 1.70. The molecule has 0 amide bonds. The SMILES string of the molecule is CCS(=O)(=O)c1ccc(Cl)cc1Nn1cnc2cc(CN3CC[C@@H](O)C3)c(Br)cc2c1=O. The van der Waals surface area contributed by atoms with E-state index >= 15 is 0 Å². The molecular weight excluding hydrogens is 520 g/mol. The van der Waals surface area contributed by atoms with Crippen LogP contribution in [0.1, 0.15) is 18.9 Å². The third kappa shape index (κ3) is 4.69. The van der Waals surface area contributed by atoms with Crippen LogP contribution >= 0.6 is 27.5 Å². The molecule has 1 fully saturated rings. The van der Waals surface area contributed by atoms with Gasteiger partial charge in [0.15, 0.2) is 9.84 Å². The third-order valence-corrected chi connectivity index (χ3v) is 8.22. The molecule has 0 radical (unpaired) electrons. The molecular formula is C21H22BrClN4O4S. The van der Waals surface area contributed by atoms with Crippen molar-refractivity contribution in [2.75, 3.05) is 24.3 Å². The van der Waals surface area contributed by atoms with E-state index in [9.17, 15) is 18.3 Å². The van der Waals surface area contributed by atoms with Crippen molar-refractivity contribution in [3.63, 3.8) is 0 Å². The monoisotopic (exact) mass is 540 g/mol. The number of aliphatic hydroxyl groups is 1. The summed E-state index contributed by atoms with van der Waals surface area (Å²) in [5, 5.41) is 10.5. The van der Waals surface area contributed by atoms with Crippen LogP contribution in [0, 0.1) is 0 Å². The van der Waals surface area contributed by atoms with Gasteiger partial charge in [0.25, 0.3) is 5.56 Å². The maximum absolute atomic E-state index is 13.1. The lowest BCUT2D eigenvalue weighted by atomic mass is 10.1. The molecule has 1 aromatic heterocycles. The van der Waals surface area contributed by atoms with Crippen molar-refractivity contribution in [3.8, 4) is 0 Å². The van der Waals surface area contributed by atoms with Crippen LogP contribution in [0.15, 0.2) is 50.8 Å². The summed E-state index contributed by atoms with van der Waals surface area (Å²) in [6.45, 7) is 3.62. The standard InChI is InChI=1S/C21H22BrClN4O4S/c1-2-32(30,31)20-4-3-14(23)8-19(20)25-27-12-24-18-7-13(10-26-6-5-15(28)11-26)17(22)9-16(18)21(27)29/h3-4,7-9,12,15,25,28H,2,5-6,10-11H2,1H3/t15-/m1/s1. The van der Waals surface area contributed by atoms with Gasteiger partial charge in [-0.15, -0.1) is 0 Å². The maximum Gasteiger partial charge on any atom is 0.280 e. The molecule has 0 spiro atoms. The summed E-state index contributed by atoms with van der Waals surface area (Å²) in [5.74, 6) is -0.0854. The number of aromatic nitrogens is 2. The highest BCUT2D eigenvalue weighted by atomic mass is 79.9. The first-order chi connectivity index (χ1) is 15.2. The predicted octanol–water partition coefficient (Wildman–Crippen LogP) is 3.05. The molecule has 1 aliphatic rings. The summed E-state index contributed by atoms with van der Waals surface area (Å²) in [6, 6.07) is 7.94. The number of nitrogens with one attached hydrogen (secondary N) is 1. The van der Waals surface area contributed by atoms with Crippen molar-refractivity contribution < 1.29 is 13.5 Å². The largest absolute Gasteiger partial charge is 0.392 e. The van der Waals surface area contributed by atoms with E-state index in [1.165, 1.54) is 24.5 Å². The van der Waals surface area contributed by atoms with Gasteiger partial charge in [-0.2, -0.15) is 0 Å². The Bertz CT molecular complexity index is 1350. The molecule has 32 heavy (non-hydrogen) atoms. The van der Waals surface area contributed by atoms with E-state index < -0.39 is 9.84 Å². The predicted molar refractivity (Wildman–Crippen MR) is 128 cm³/mol. The summed E-state index contributed by atoms with van der Waals surface area (Å²) < 4.78 is 26.8. The highest BCUT2D eigenvalue weighted by Gasteiger charge is 2.22. The van der Waals surface area contributed by atoms with Crippen molar-refractivity contribution in [1.82, 2.24) is 14.6 Å². The zero-order valence-electron chi connectivity index (χ0n) is 17.3. The van der Waals surface area contributed by atoms with Crippen LogP contribution in [0.5, 0.6) is 0 Å². The quantitative estimate of drug-likeness (QED) is 0.494. The molecule has 11 heteroatoms. The summed E-state index contributed by atoms with van der Waals surface area (Å²) in [4.78, 5) is 19.7. The van der Waals surface area contributed by atoms with E-state index in [0.29, 0.717) is 29.0 Å². The molecule has 1 atom stereocenters. The molecule has 8 nitrogen and oxygen atoms in total. The highest BCUT2D eigenvalue weighted by molar-refractivity contribution is 9.10. The summed E-state index contributed by atoms with van der Waals surface area (Å²) >= 11 is 9.60. The average molecular weight is 542 g/mol. The van der Waals surface area contributed by atoms with Crippen LogP contribution in [0.25, 0.3) is 10.9 Å². The molecule has 0 saturated carbocycles. The van der Waals surface area contributed by atoms with E-state index in [-0.39, 0.29) is 28.0 Å². The van der Waals surface area contributed by atoms with Gasteiger partial charge in [0.2, 0.25) is 0 Å². The fraction of sp³-hybridized carbons (Fsp3) is 0.333. The van der Waals surface area contributed by atoms with E-state index in [1.54, 1.807) is 13.0 Å². The lowest BCUT2D eigenvalue weighted by Crippen LogP contribution is -2.27. The van der Waals surface area contributed by atoms with Gasteiger partial charge in [0.1, 0.15) is 6.33 Å². The molecule has 0 aliphatic carbocycles. The Morgan fingerprint density at radius 1 is 1.31 bits per heavy atom. The van der Waals surface area contributed by atoms with E-state index in [1.807, 2.05) is 6.07 Å². The number of fused-ring (bicyclic) bond motifs is 1. The van der Waals surface area contributed by atoms with Crippen molar-refractivity contribution >= 4 is 54.0 Å². The fourth-order valence-corrected chi connectivity index (χ4v) is 5.40. The molecule has 2 N–H and O–H groups in total. The maximum atomic E-state index is 13.1. The van der Waals surface area contributed by atoms with Crippen molar-refractivity contribution in [3.05, 3.63) is 62.1 Å². The summed E-state index contributed by atoms with van der Waals surface area (Å²) in [5.41, 5.74) is 4.16. The zero-order valence-corrected chi connectivity index (χ0v) is 20.4. The molecule has 4 rings (SSSR count). The molecule has 1 saturated heterocycles. The third-order valence-electron chi connectivity index (χ3n) is 5.47. The second kappa shape index (κ2) is 9.11. The van der Waals surface area contributed by atoms with Gasteiger partial charge in [-0.1, -0.05) is 34.5 Å². The minimum atomic E-state index is -3.54. The van der Waals surface area contributed by atoms with Crippen LogP contribution in [0.2, 0.25) is 5.02 Å². The second-order valence-electron chi connectivity index (χ2n) is 7.71. The number of hydrogen-bond acceptors (Lipinski definition) is 7. The number of halogens is 2. The molecule has 0 bridgehead atoms. The zero-order chi connectivity index (χ0) is 23.0. The lowest BCUT2D eigenvalue weighted by Gasteiger charge is -2.17. The molecule has 3 aromatic rings. The van der Waals surface area contributed by atoms with Gasteiger partial charge < -0.3 is 5.11 Å². The van der Waals surface area contributed by atoms with Crippen LogP contribution in [0.3, 0.4) is 0 Å². The molecule has 2 heterocycles. The van der Waals surface area contributed by atoms with Crippen molar-refractivity contribution in [2.24, 2.45) is 0 Å². The molecule has 1 aliphatic heterocycles. The van der Waals surface area contributed by atoms with Crippen molar-refractivity contribution in [1.29, 1.82) is 0 Å². The van der Waals surface area contributed by atoms with Gasteiger partial charge in [-0.3, -0.25) is 15.1 Å². The van der Waals surface area contributed by atoms with Crippen LogP contribution in [-0.2, 0) is 16.4 Å². The van der Waals surface area contributed by atoms with Crippen LogP contribution < -0.4 is 11.0 Å². The number of sulfone groups is 1. The number of likely N-dealkylation sites (tertiary alicyclic amines) is 1. The highest BCUT2D eigenvalue weighted by Crippen LogP contribution is 2.27. The van der Waals surface area contributed by atoms with E-state index in [4.69, 9.17) is 11.6 Å². The normalized spacial score (nSPS) is 17.2. The Kier molecular flexibility index (Phi) is 6.60. The number of rotatable bonds is 6. The smallest absolute Gasteiger partial charge is 0.280 e. The number of benzene rings is 2. The van der Waals surface area contributed by atoms with Gasteiger partial charge in [0.05, 0.1) is 33.3 Å². The van der Waals surface area contributed by atoms with E-state index in [2.05, 4.69) is 31.2 Å². The van der Waals surface area contributed by atoms with E-state index in [0.717, 1.165) is 27.7 Å². The summed E-state index contributed by atoms with van der Waals surface area (Å²) in [6.07, 6.45) is 1.77. The minimum absolute atomic E-state index is 0.0562. The Hall–Kier alpha value is -1.98. The number of anilines is 1. The number of nitrogens with zero attached hydrogens (tertiary/aromatic N) is 3. The van der Waals surface area contributed by atoms with Gasteiger partial charge >= 0.3 is 0 Å². The Labute approximate surface area is 198 Å². The second-order valence-corrected chi connectivity index (χ2v) is 11.3. The molecule has 0 unspecified atom stereocenters. The first-order valence-electron chi connectivity index (χ1n) is 10.1. The Morgan fingerprint density at radius 2 is 2.09 bits per heavy atom. The lowest BCUT2D eigenvalue weighted by molar-refractivity contribution is 0.174. The number of hydrogen-bond donors (Lipinski definition) is 2. The first-order valence-corrected chi connectivity index (χ1v) is 12.9.